The average molecular weight is 425 g/mol. The Hall–Kier alpha value is -4.08. The number of hydrogen-bond donors (Lipinski definition) is 1. The van der Waals surface area contributed by atoms with E-state index >= 15 is 0 Å². The number of rotatable bonds is 8. The van der Waals surface area contributed by atoms with Crippen LogP contribution in [0.2, 0.25) is 0 Å². The van der Waals surface area contributed by atoms with Gasteiger partial charge >= 0.3 is 5.97 Å². The first-order valence-electron chi connectivity index (χ1n) is 9.54. The normalized spacial score (nSPS) is 12.5. The molecule has 160 valence electrons. The van der Waals surface area contributed by atoms with Gasteiger partial charge in [0.25, 0.3) is 17.5 Å². The Kier molecular flexibility index (Phi) is 6.39. The topological polar surface area (TPSA) is 136 Å². The number of carbonyl (C=O) groups excluding carboxylic acids is 4. The number of nitrogens with one attached hydrogen (secondary N) is 1. The van der Waals surface area contributed by atoms with Gasteiger partial charge in [0.1, 0.15) is 5.56 Å². The number of esters is 1. The second-order valence-electron chi connectivity index (χ2n) is 6.73. The van der Waals surface area contributed by atoms with Gasteiger partial charge in [-0.2, -0.15) is 0 Å². The smallest absolute Gasteiger partial charge is 0.338 e. The molecule has 0 bridgehead atoms. The van der Waals surface area contributed by atoms with Crippen LogP contribution in [0.4, 0.5) is 11.4 Å². The lowest BCUT2D eigenvalue weighted by Crippen LogP contribution is -2.33. The third-order valence-electron chi connectivity index (χ3n) is 4.58. The predicted octanol–water partition coefficient (Wildman–Crippen LogP) is 2.79. The molecule has 31 heavy (non-hydrogen) atoms. The summed E-state index contributed by atoms with van der Waals surface area (Å²) >= 11 is 0. The van der Waals surface area contributed by atoms with Crippen molar-refractivity contribution < 1.29 is 28.8 Å². The van der Waals surface area contributed by atoms with Crippen LogP contribution in [0.25, 0.3) is 0 Å². The first kappa shape index (κ1) is 21.6. The summed E-state index contributed by atoms with van der Waals surface area (Å²) in [5, 5.41) is 13.7. The maximum Gasteiger partial charge on any atom is 0.338 e. The lowest BCUT2D eigenvalue weighted by Gasteiger charge is -2.13. The van der Waals surface area contributed by atoms with Crippen molar-refractivity contribution in [3.8, 4) is 0 Å². The van der Waals surface area contributed by atoms with Crippen LogP contribution in [0.3, 0.4) is 0 Å². The Morgan fingerprint density at radius 3 is 2.45 bits per heavy atom. The quantitative estimate of drug-likeness (QED) is 0.297. The monoisotopic (exact) mass is 425 g/mol. The van der Waals surface area contributed by atoms with E-state index in [2.05, 4.69) is 5.32 Å². The third-order valence-corrected chi connectivity index (χ3v) is 4.58. The van der Waals surface area contributed by atoms with Gasteiger partial charge in [-0.1, -0.05) is 13.0 Å². The van der Waals surface area contributed by atoms with Gasteiger partial charge < -0.3 is 10.1 Å². The van der Waals surface area contributed by atoms with Crippen LogP contribution in [-0.4, -0.2) is 46.7 Å². The number of fused-ring (bicyclic) bond motifs is 1. The number of carbonyl (C=O) groups is 4. The van der Waals surface area contributed by atoms with Crippen LogP contribution in [0.15, 0.2) is 42.5 Å². The van der Waals surface area contributed by atoms with Crippen molar-refractivity contribution in [1.29, 1.82) is 0 Å². The van der Waals surface area contributed by atoms with Gasteiger partial charge in [0.05, 0.1) is 22.7 Å². The minimum atomic E-state index is -0.796. The molecule has 10 nitrogen and oxygen atoms in total. The first-order chi connectivity index (χ1) is 14.8. The SMILES string of the molecule is CCCOC(=O)c1ccc(NC(=O)CCN2C(=O)c3cccc([N+](=O)[O-])c3C2=O)cc1. The molecule has 1 N–H and O–H groups in total. The van der Waals surface area contributed by atoms with Crippen molar-refractivity contribution in [2.24, 2.45) is 0 Å². The van der Waals surface area contributed by atoms with Crippen molar-refractivity contribution in [1.82, 2.24) is 4.90 Å². The number of imide groups is 1. The molecule has 0 spiro atoms. The van der Waals surface area contributed by atoms with Crippen LogP contribution < -0.4 is 5.32 Å². The van der Waals surface area contributed by atoms with Gasteiger partial charge in [0.15, 0.2) is 0 Å². The molecule has 0 aromatic heterocycles. The summed E-state index contributed by atoms with van der Waals surface area (Å²) < 4.78 is 5.03. The molecule has 0 fully saturated rings. The molecule has 3 amide bonds. The fourth-order valence-corrected chi connectivity index (χ4v) is 3.08. The first-order valence-corrected chi connectivity index (χ1v) is 9.54. The molecule has 1 aliphatic heterocycles. The summed E-state index contributed by atoms with van der Waals surface area (Å²) in [5.74, 6) is -2.40. The fraction of sp³-hybridized carbons (Fsp3) is 0.238. The standard InChI is InChI=1S/C21H19N3O7/c1-2-12-31-21(28)13-6-8-14(9-7-13)22-17(25)10-11-23-19(26)15-4-3-5-16(24(29)30)18(15)20(23)27/h3-9H,2,10-12H2,1H3,(H,22,25). The van der Waals surface area contributed by atoms with Crippen molar-refractivity contribution >= 4 is 35.1 Å². The fourth-order valence-electron chi connectivity index (χ4n) is 3.08. The lowest BCUT2D eigenvalue weighted by molar-refractivity contribution is -0.385. The largest absolute Gasteiger partial charge is 0.462 e. The summed E-state index contributed by atoms with van der Waals surface area (Å²) in [6, 6.07) is 9.92. The van der Waals surface area contributed by atoms with E-state index in [4.69, 9.17) is 4.74 Å². The number of amides is 3. The Balaban J connectivity index is 1.59. The van der Waals surface area contributed by atoms with Crippen molar-refractivity contribution in [3.63, 3.8) is 0 Å². The predicted molar refractivity (Wildman–Crippen MR) is 109 cm³/mol. The zero-order valence-corrected chi connectivity index (χ0v) is 16.6. The maximum absolute atomic E-state index is 12.5. The van der Waals surface area contributed by atoms with Crippen LogP contribution >= 0.6 is 0 Å². The van der Waals surface area contributed by atoms with Crippen molar-refractivity contribution in [3.05, 3.63) is 69.3 Å². The highest BCUT2D eigenvalue weighted by atomic mass is 16.6. The molecule has 0 atom stereocenters. The molecule has 10 heteroatoms. The highest BCUT2D eigenvalue weighted by Crippen LogP contribution is 2.30. The van der Waals surface area contributed by atoms with E-state index in [-0.39, 0.29) is 24.1 Å². The second-order valence-corrected chi connectivity index (χ2v) is 6.73. The number of hydrogen-bond acceptors (Lipinski definition) is 7. The van der Waals surface area contributed by atoms with E-state index in [1.807, 2.05) is 6.92 Å². The van der Waals surface area contributed by atoms with Crippen molar-refractivity contribution in [2.45, 2.75) is 19.8 Å². The maximum atomic E-state index is 12.5. The minimum absolute atomic E-state index is 0.0508. The van der Waals surface area contributed by atoms with Crippen LogP contribution in [-0.2, 0) is 9.53 Å². The molecule has 0 saturated carbocycles. The molecule has 3 rings (SSSR count). The Morgan fingerprint density at radius 2 is 1.81 bits per heavy atom. The molecule has 2 aromatic rings. The molecule has 2 aromatic carbocycles. The number of nitro benzene ring substituents is 1. The summed E-state index contributed by atoms with van der Waals surface area (Å²) in [6.45, 7) is 1.98. The van der Waals surface area contributed by atoms with Crippen LogP contribution in [0.1, 0.15) is 50.8 Å². The molecule has 1 heterocycles. The molecule has 0 unspecified atom stereocenters. The number of nitrogens with zero attached hydrogens (tertiary/aromatic N) is 2. The van der Waals surface area contributed by atoms with Crippen LogP contribution in [0, 0.1) is 10.1 Å². The van der Waals surface area contributed by atoms with E-state index in [1.54, 1.807) is 0 Å². The van der Waals surface area contributed by atoms with Gasteiger partial charge in [-0.25, -0.2) is 4.79 Å². The van der Waals surface area contributed by atoms with Gasteiger partial charge in [0.2, 0.25) is 5.91 Å². The van der Waals surface area contributed by atoms with E-state index in [0.29, 0.717) is 24.3 Å². The zero-order valence-electron chi connectivity index (χ0n) is 16.6. The molecular formula is C21H19N3O7. The Labute approximate surface area is 176 Å². The Bertz CT molecular complexity index is 1060. The molecule has 0 saturated heterocycles. The molecular weight excluding hydrogens is 406 g/mol. The second kappa shape index (κ2) is 9.16. The average Bonchev–Trinajstić information content (AvgIpc) is 3.00. The molecule has 0 radical (unpaired) electrons. The summed E-state index contributed by atoms with van der Waals surface area (Å²) in [7, 11) is 0. The van der Waals surface area contributed by atoms with Gasteiger partial charge in [-0.15, -0.1) is 0 Å². The zero-order chi connectivity index (χ0) is 22.5. The van der Waals surface area contributed by atoms with Crippen LogP contribution in [0.5, 0.6) is 0 Å². The van der Waals surface area contributed by atoms with Gasteiger partial charge in [-0.05, 0) is 36.8 Å². The van der Waals surface area contributed by atoms with E-state index in [9.17, 15) is 29.3 Å². The number of nitro groups is 1. The highest BCUT2D eigenvalue weighted by molar-refractivity contribution is 6.23. The number of anilines is 1. The summed E-state index contributed by atoms with van der Waals surface area (Å²) in [6.07, 6.45) is 0.514. The van der Waals surface area contributed by atoms with E-state index in [1.165, 1.54) is 36.4 Å². The third kappa shape index (κ3) is 4.58. The minimum Gasteiger partial charge on any atom is -0.462 e. The summed E-state index contributed by atoms with van der Waals surface area (Å²) in [4.78, 5) is 60.2. The van der Waals surface area contributed by atoms with E-state index < -0.39 is 34.3 Å². The molecule has 1 aliphatic rings. The summed E-state index contributed by atoms with van der Waals surface area (Å²) in [5.41, 5.74) is 0.0167. The van der Waals surface area contributed by atoms with Gasteiger partial charge in [0, 0.05) is 24.7 Å². The lowest BCUT2D eigenvalue weighted by atomic mass is 10.1. The molecule has 0 aliphatic carbocycles. The highest BCUT2D eigenvalue weighted by Gasteiger charge is 2.40. The van der Waals surface area contributed by atoms with E-state index in [0.717, 1.165) is 11.0 Å². The number of ether oxygens (including phenoxy) is 1. The van der Waals surface area contributed by atoms with Gasteiger partial charge in [-0.3, -0.25) is 29.4 Å². The Morgan fingerprint density at radius 1 is 1.10 bits per heavy atom. The number of benzene rings is 2. The van der Waals surface area contributed by atoms with Crippen molar-refractivity contribution in [2.75, 3.05) is 18.5 Å².